The Hall–Kier alpha value is -2.08. The molecule has 1 aromatic heterocycles. The number of aromatic nitrogens is 1. The van der Waals surface area contributed by atoms with Gasteiger partial charge in [-0.05, 0) is 43.9 Å². The number of fused-ring (bicyclic) bond motifs is 1. The molecule has 0 radical (unpaired) electrons. The topological polar surface area (TPSA) is 94.0 Å². The molecule has 1 heterocycles. The van der Waals surface area contributed by atoms with Gasteiger partial charge < -0.3 is 16.8 Å². The van der Waals surface area contributed by atoms with Crippen LogP contribution in [0.4, 0.5) is 16.5 Å². The van der Waals surface area contributed by atoms with Crippen LogP contribution in [0.15, 0.2) is 18.2 Å². The van der Waals surface area contributed by atoms with Gasteiger partial charge in [-0.25, -0.2) is 4.98 Å². The second-order valence-electron chi connectivity index (χ2n) is 4.89. The highest BCUT2D eigenvalue weighted by Crippen LogP contribution is 2.31. The van der Waals surface area contributed by atoms with Crippen molar-refractivity contribution in [3.63, 3.8) is 0 Å². The number of nitrogens with zero attached hydrogens (tertiary/aromatic N) is 1. The lowest BCUT2D eigenvalue weighted by Crippen LogP contribution is -2.13. The number of nitrogens with two attached hydrogens (primary N) is 2. The van der Waals surface area contributed by atoms with Crippen LogP contribution in [-0.4, -0.2) is 10.9 Å². The van der Waals surface area contributed by atoms with Crippen molar-refractivity contribution >= 4 is 33.8 Å². The Morgan fingerprint density at radius 3 is 2.85 bits per heavy atom. The van der Waals surface area contributed by atoms with Crippen LogP contribution >= 0.6 is 11.3 Å². The van der Waals surface area contributed by atoms with Gasteiger partial charge in [0.25, 0.3) is 5.91 Å². The van der Waals surface area contributed by atoms with Gasteiger partial charge in [0.1, 0.15) is 0 Å². The third-order valence-electron chi connectivity index (χ3n) is 3.42. The van der Waals surface area contributed by atoms with E-state index in [1.165, 1.54) is 23.4 Å². The predicted molar refractivity (Wildman–Crippen MR) is 81.4 cm³/mol. The van der Waals surface area contributed by atoms with Crippen LogP contribution in [0.5, 0.6) is 0 Å². The van der Waals surface area contributed by atoms with Gasteiger partial charge in [0.05, 0.1) is 11.3 Å². The van der Waals surface area contributed by atoms with Gasteiger partial charge in [-0.1, -0.05) is 0 Å². The molecule has 1 aliphatic carbocycles. The molecule has 0 fully saturated rings. The minimum absolute atomic E-state index is 0.330. The predicted octanol–water partition coefficient (Wildman–Crippen LogP) is 2.45. The molecule has 5 nitrogen and oxygen atoms in total. The molecule has 2 aromatic rings. The molecule has 104 valence electrons. The number of benzene rings is 1. The van der Waals surface area contributed by atoms with E-state index in [0.717, 1.165) is 23.7 Å². The number of rotatable bonds is 3. The number of thiazole rings is 1. The number of aryl methyl sites for hydroxylation is 2. The highest BCUT2D eigenvalue weighted by molar-refractivity contribution is 7.15. The molecule has 0 atom stereocenters. The van der Waals surface area contributed by atoms with Gasteiger partial charge in [0.2, 0.25) is 0 Å². The summed E-state index contributed by atoms with van der Waals surface area (Å²) in [6.07, 6.45) is 4.62. The number of carbonyl (C=O) groups excluding carboxylic acids is 1. The lowest BCUT2D eigenvalue weighted by atomic mass is 10.0. The summed E-state index contributed by atoms with van der Waals surface area (Å²) in [6.45, 7) is 0. The summed E-state index contributed by atoms with van der Waals surface area (Å²) in [5.41, 5.74) is 13.7. The summed E-state index contributed by atoms with van der Waals surface area (Å²) in [5.74, 6) is -0.524. The number of nitrogens with one attached hydrogen (secondary N) is 1. The first-order chi connectivity index (χ1) is 9.63. The normalized spacial score (nSPS) is 13.8. The van der Waals surface area contributed by atoms with Crippen molar-refractivity contribution < 1.29 is 4.79 Å². The molecule has 5 N–H and O–H groups in total. The zero-order valence-corrected chi connectivity index (χ0v) is 11.8. The van der Waals surface area contributed by atoms with Crippen LogP contribution in [-0.2, 0) is 12.8 Å². The van der Waals surface area contributed by atoms with E-state index in [9.17, 15) is 4.79 Å². The third-order valence-corrected chi connectivity index (χ3v) is 4.49. The Kier molecular flexibility index (Phi) is 3.31. The second-order valence-corrected chi connectivity index (χ2v) is 5.97. The van der Waals surface area contributed by atoms with Crippen LogP contribution in [0, 0.1) is 0 Å². The first-order valence-corrected chi connectivity index (χ1v) is 7.40. The molecule has 20 heavy (non-hydrogen) atoms. The third kappa shape index (κ3) is 2.46. The fourth-order valence-electron chi connectivity index (χ4n) is 2.38. The van der Waals surface area contributed by atoms with Gasteiger partial charge >= 0.3 is 0 Å². The van der Waals surface area contributed by atoms with Gasteiger partial charge in [0, 0.05) is 16.3 Å². The van der Waals surface area contributed by atoms with E-state index in [4.69, 9.17) is 11.5 Å². The molecule has 0 spiro atoms. The molecule has 0 unspecified atom stereocenters. The van der Waals surface area contributed by atoms with Crippen molar-refractivity contribution in [2.45, 2.75) is 25.7 Å². The molecular formula is C14H16N4OS. The first kappa shape index (κ1) is 12.9. The first-order valence-electron chi connectivity index (χ1n) is 6.58. The fraction of sp³-hybridized carbons (Fsp3) is 0.286. The molecular weight excluding hydrogens is 272 g/mol. The van der Waals surface area contributed by atoms with E-state index >= 15 is 0 Å². The Balaban J connectivity index is 1.86. The molecule has 0 saturated heterocycles. The largest absolute Gasteiger partial charge is 0.398 e. The number of carbonyl (C=O) groups is 1. The van der Waals surface area contributed by atoms with E-state index in [2.05, 4.69) is 10.3 Å². The number of hydrogen-bond donors (Lipinski definition) is 3. The molecule has 3 rings (SSSR count). The van der Waals surface area contributed by atoms with Crippen LogP contribution < -0.4 is 16.8 Å². The minimum atomic E-state index is -0.524. The number of amides is 1. The zero-order valence-electron chi connectivity index (χ0n) is 11.0. The van der Waals surface area contributed by atoms with Crippen molar-refractivity contribution in [2.24, 2.45) is 5.73 Å². The van der Waals surface area contributed by atoms with Gasteiger partial charge in [0.15, 0.2) is 5.13 Å². The van der Waals surface area contributed by atoms with Gasteiger partial charge in [-0.2, -0.15) is 0 Å². The van der Waals surface area contributed by atoms with Crippen LogP contribution in [0.2, 0.25) is 0 Å². The van der Waals surface area contributed by atoms with Crippen LogP contribution in [0.3, 0.4) is 0 Å². The minimum Gasteiger partial charge on any atom is -0.398 e. The maximum atomic E-state index is 11.3. The summed E-state index contributed by atoms with van der Waals surface area (Å²) in [5, 5.41) is 4.09. The summed E-state index contributed by atoms with van der Waals surface area (Å²) in [7, 11) is 0. The average molecular weight is 288 g/mol. The van der Waals surface area contributed by atoms with E-state index in [-0.39, 0.29) is 0 Å². The Bertz CT molecular complexity index is 642. The Labute approximate surface area is 121 Å². The van der Waals surface area contributed by atoms with Gasteiger partial charge in [-0.15, -0.1) is 11.3 Å². The highest BCUT2D eigenvalue weighted by atomic mass is 32.1. The summed E-state index contributed by atoms with van der Waals surface area (Å²) in [6, 6.07) is 5.16. The summed E-state index contributed by atoms with van der Waals surface area (Å²) >= 11 is 1.68. The lowest BCUT2D eigenvalue weighted by Gasteiger charge is -2.06. The van der Waals surface area contributed by atoms with E-state index in [1.807, 2.05) is 6.07 Å². The van der Waals surface area contributed by atoms with Crippen molar-refractivity contribution in [1.82, 2.24) is 4.98 Å². The molecule has 1 aromatic carbocycles. The van der Waals surface area contributed by atoms with E-state index in [0.29, 0.717) is 11.3 Å². The Morgan fingerprint density at radius 2 is 2.10 bits per heavy atom. The fourth-order valence-corrected chi connectivity index (χ4v) is 3.45. The van der Waals surface area contributed by atoms with Gasteiger partial charge in [-0.3, -0.25) is 4.79 Å². The number of anilines is 3. The quantitative estimate of drug-likeness (QED) is 0.756. The monoisotopic (exact) mass is 288 g/mol. The SMILES string of the molecule is NC(=O)c1cc(Nc2nc3c(s2)CCCC3)ccc1N. The smallest absolute Gasteiger partial charge is 0.250 e. The number of nitrogen functional groups attached to an aromatic ring is 1. The Morgan fingerprint density at radius 1 is 1.30 bits per heavy atom. The maximum absolute atomic E-state index is 11.3. The summed E-state index contributed by atoms with van der Waals surface area (Å²) < 4.78 is 0. The van der Waals surface area contributed by atoms with Crippen molar-refractivity contribution in [2.75, 3.05) is 11.1 Å². The zero-order chi connectivity index (χ0) is 14.1. The number of hydrogen-bond acceptors (Lipinski definition) is 5. The molecule has 0 aliphatic heterocycles. The molecule has 0 bridgehead atoms. The second kappa shape index (κ2) is 5.13. The van der Waals surface area contributed by atoms with Crippen molar-refractivity contribution in [3.8, 4) is 0 Å². The van der Waals surface area contributed by atoms with Crippen molar-refractivity contribution in [1.29, 1.82) is 0 Å². The highest BCUT2D eigenvalue weighted by Gasteiger charge is 2.15. The molecule has 0 saturated carbocycles. The number of primary amides is 1. The van der Waals surface area contributed by atoms with Crippen LogP contribution in [0.25, 0.3) is 0 Å². The van der Waals surface area contributed by atoms with Crippen LogP contribution in [0.1, 0.15) is 33.8 Å². The van der Waals surface area contributed by atoms with E-state index < -0.39 is 5.91 Å². The van der Waals surface area contributed by atoms with Crippen molar-refractivity contribution in [3.05, 3.63) is 34.3 Å². The standard InChI is InChI=1S/C14H16N4OS/c15-10-6-5-8(7-9(10)13(16)19)17-14-18-11-3-1-2-4-12(11)20-14/h5-7H,1-4,15H2,(H2,16,19)(H,17,18). The molecule has 1 amide bonds. The average Bonchev–Trinajstić information content (AvgIpc) is 2.82. The summed E-state index contributed by atoms with van der Waals surface area (Å²) in [4.78, 5) is 17.3. The molecule has 1 aliphatic rings. The van der Waals surface area contributed by atoms with E-state index in [1.54, 1.807) is 23.5 Å². The lowest BCUT2D eigenvalue weighted by molar-refractivity contribution is 0.100. The molecule has 6 heteroatoms. The maximum Gasteiger partial charge on any atom is 0.250 e.